The Morgan fingerprint density at radius 1 is 1.42 bits per heavy atom. The van der Waals surface area contributed by atoms with Gasteiger partial charge in [0.2, 0.25) is 0 Å². The van der Waals surface area contributed by atoms with Crippen molar-refractivity contribution in [3.63, 3.8) is 0 Å². The van der Waals surface area contributed by atoms with Crippen LogP contribution in [0.25, 0.3) is 0 Å². The number of likely N-dealkylation sites (tertiary alicyclic amines) is 1. The van der Waals surface area contributed by atoms with E-state index in [-0.39, 0.29) is 17.8 Å². The largest absolute Gasteiger partial charge is 0.469 e. The lowest BCUT2D eigenvalue weighted by molar-refractivity contribution is -0.146. The van der Waals surface area contributed by atoms with Crippen molar-refractivity contribution in [3.05, 3.63) is 28.5 Å². The van der Waals surface area contributed by atoms with Crippen molar-refractivity contribution >= 4 is 27.8 Å². The molecule has 0 aliphatic carbocycles. The number of halogens is 1. The number of methoxy groups -OCH3 is 1. The van der Waals surface area contributed by atoms with Crippen LogP contribution in [0, 0.1) is 5.92 Å². The fourth-order valence-electron chi connectivity index (χ4n) is 2.20. The van der Waals surface area contributed by atoms with Gasteiger partial charge in [-0.25, -0.2) is 4.98 Å². The molecule has 0 unspecified atom stereocenters. The van der Waals surface area contributed by atoms with Crippen LogP contribution in [-0.4, -0.2) is 42.0 Å². The molecule has 2 rings (SSSR count). The summed E-state index contributed by atoms with van der Waals surface area (Å²) in [6, 6.07) is 3.48. The fraction of sp³-hybridized carbons (Fsp3) is 0.462. The number of carbonyl (C=O) groups is 2. The molecule has 1 saturated heterocycles. The lowest BCUT2D eigenvalue weighted by atomic mass is 9.96. The molecule has 1 fully saturated rings. The van der Waals surface area contributed by atoms with Gasteiger partial charge in [0.15, 0.2) is 0 Å². The second kappa shape index (κ2) is 6.14. The molecule has 0 radical (unpaired) electrons. The lowest BCUT2D eigenvalue weighted by Crippen LogP contribution is -2.40. The topological polar surface area (TPSA) is 59.5 Å². The molecule has 2 heterocycles. The number of pyridine rings is 1. The van der Waals surface area contributed by atoms with E-state index in [1.165, 1.54) is 7.11 Å². The molecule has 1 aliphatic rings. The Kier molecular flexibility index (Phi) is 4.52. The maximum Gasteiger partial charge on any atom is 0.308 e. The van der Waals surface area contributed by atoms with Crippen LogP contribution in [0.1, 0.15) is 23.2 Å². The molecular formula is C13H15BrN2O3. The first kappa shape index (κ1) is 14.0. The monoisotopic (exact) mass is 326 g/mol. The van der Waals surface area contributed by atoms with Gasteiger partial charge in [-0.1, -0.05) is 0 Å². The molecule has 1 aliphatic heterocycles. The van der Waals surface area contributed by atoms with Gasteiger partial charge >= 0.3 is 5.97 Å². The maximum absolute atomic E-state index is 12.3. The molecule has 6 heteroatoms. The van der Waals surface area contributed by atoms with Crippen molar-refractivity contribution in [1.29, 1.82) is 0 Å². The third-order valence-corrected chi connectivity index (χ3v) is 3.94. The number of rotatable bonds is 2. The number of carbonyl (C=O) groups excluding carboxylic acids is 2. The lowest BCUT2D eigenvalue weighted by Gasteiger charge is -2.30. The van der Waals surface area contributed by atoms with Crippen molar-refractivity contribution in [3.8, 4) is 0 Å². The number of piperidine rings is 1. The van der Waals surface area contributed by atoms with E-state index in [4.69, 9.17) is 4.74 Å². The van der Waals surface area contributed by atoms with Gasteiger partial charge in [-0.05, 0) is 40.9 Å². The quantitative estimate of drug-likeness (QED) is 0.615. The van der Waals surface area contributed by atoms with E-state index in [1.54, 1.807) is 23.2 Å². The highest BCUT2D eigenvalue weighted by atomic mass is 79.9. The first-order valence-electron chi connectivity index (χ1n) is 6.11. The van der Waals surface area contributed by atoms with Gasteiger partial charge < -0.3 is 9.64 Å². The van der Waals surface area contributed by atoms with Crippen molar-refractivity contribution in [2.75, 3.05) is 20.2 Å². The molecule has 0 N–H and O–H groups in total. The molecule has 5 nitrogen and oxygen atoms in total. The average Bonchev–Trinajstić information content (AvgIpc) is 2.46. The zero-order valence-electron chi connectivity index (χ0n) is 10.6. The summed E-state index contributed by atoms with van der Waals surface area (Å²) in [4.78, 5) is 29.5. The normalized spacial score (nSPS) is 16.2. The summed E-state index contributed by atoms with van der Waals surface area (Å²) in [5.41, 5.74) is 0.555. The standard InChI is InChI=1S/C13H15BrN2O3/c1-19-13(18)9-4-7-16(8-5-9)12(17)10-3-2-6-15-11(10)14/h2-3,6,9H,4-5,7-8H2,1H3. The molecule has 1 aromatic rings. The second-order valence-electron chi connectivity index (χ2n) is 4.43. The van der Waals surface area contributed by atoms with Gasteiger partial charge in [0.25, 0.3) is 5.91 Å². The molecule has 0 saturated carbocycles. The number of aromatic nitrogens is 1. The van der Waals surface area contributed by atoms with Crippen molar-refractivity contribution < 1.29 is 14.3 Å². The van der Waals surface area contributed by atoms with E-state index in [9.17, 15) is 9.59 Å². The molecule has 0 atom stereocenters. The summed E-state index contributed by atoms with van der Waals surface area (Å²) < 4.78 is 5.28. The number of amides is 1. The summed E-state index contributed by atoms with van der Waals surface area (Å²) in [5, 5.41) is 0. The third-order valence-electron chi connectivity index (χ3n) is 3.31. The van der Waals surface area contributed by atoms with Crippen LogP contribution < -0.4 is 0 Å². The summed E-state index contributed by atoms with van der Waals surface area (Å²) in [7, 11) is 1.40. The fourth-order valence-corrected chi connectivity index (χ4v) is 2.62. The first-order chi connectivity index (χ1) is 9.13. The van der Waals surface area contributed by atoms with Gasteiger partial charge in [-0.15, -0.1) is 0 Å². The Balaban J connectivity index is 2.00. The Labute approximate surface area is 120 Å². The number of ether oxygens (including phenoxy) is 1. The van der Waals surface area contributed by atoms with Crippen molar-refractivity contribution in [2.24, 2.45) is 5.92 Å². The van der Waals surface area contributed by atoms with Gasteiger partial charge in [0, 0.05) is 19.3 Å². The highest BCUT2D eigenvalue weighted by Crippen LogP contribution is 2.22. The average molecular weight is 327 g/mol. The number of hydrogen-bond donors (Lipinski definition) is 0. The molecular weight excluding hydrogens is 312 g/mol. The predicted octanol–water partition coefficient (Wildman–Crippen LogP) is 1.87. The Bertz CT molecular complexity index is 485. The molecule has 1 amide bonds. The smallest absolute Gasteiger partial charge is 0.308 e. The maximum atomic E-state index is 12.3. The number of nitrogens with zero attached hydrogens (tertiary/aromatic N) is 2. The Hall–Kier alpha value is -1.43. The minimum atomic E-state index is -0.186. The summed E-state index contributed by atoms with van der Waals surface area (Å²) >= 11 is 3.28. The van der Waals surface area contributed by atoms with E-state index >= 15 is 0 Å². The minimum absolute atomic E-state index is 0.0525. The van der Waals surface area contributed by atoms with E-state index in [0.717, 1.165) is 0 Å². The number of hydrogen-bond acceptors (Lipinski definition) is 4. The SMILES string of the molecule is COC(=O)C1CCN(C(=O)c2cccnc2Br)CC1. The van der Waals surface area contributed by atoms with Crippen LogP contribution in [0.2, 0.25) is 0 Å². The zero-order valence-corrected chi connectivity index (χ0v) is 12.2. The molecule has 0 aromatic carbocycles. The predicted molar refractivity (Wildman–Crippen MR) is 72.6 cm³/mol. The molecule has 0 bridgehead atoms. The molecule has 102 valence electrons. The van der Waals surface area contributed by atoms with Gasteiger partial charge in [-0.2, -0.15) is 0 Å². The van der Waals surface area contributed by atoms with Gasteiger partial charge in [0.05, 0.1) is 18.6 Å². The van der Waals surface area contributed by atoms with Crippen molar-refractivity contribution in [2.45, 2.75) is 12.8 Å². The Morgan fingerprint density at radius 3 is 2.68 bits per heavy atom. The summed E-state index contributed by atoms with van der Waals surface area (Å²) in [5.74, 6) is -0.329. The van der Waals surface area contributed by atoms with Crippen LogP contribution in [-0.2, 0) is 9.53 Å². The highest BCUT2D eigenvalue weighted by molar-refractivity contribution is 9.10. The summed E-state index contributed by atoms with van der Waals surface area (Å²) in [6.45, 7) is 1.14. The van der Waals surface area contributed by atoms with Crippen molar-refractivity contribution in [1.82, 2.24) is 9.88 Å². The van der Waals surface area contributed by atoms with E-state index in [1.807, 2.05) is 0 Å². The highest BCUT2D eigenvalue weighted by Gasteiger charge is 2.28. The van der Waals surface area contributed by atoms with Gasteiger partial charge in [0.1, 0.15) is 4.60 Å². The summed E-state index contributed by atoms with van der Waals surface area (Å²) in [6.07, 6.45) is 2.93. The number of esters is 1. The molecule has 1 aromatic heterocycles. The minimum Gasteiger partial charge on any atom is -0.469 e. The molecule has 19 heavy (non-hydrogen) atoms. The van der Waals surface area contributed by atoms with Crippen LogP contribution in [0.4, 0.5) is 0 Å². The zero-order chi connectivity index (χ0) is 13.8. The van der Waals surface area contributed by atoms with Crippen LogP contribution in [0.15, 0.2) is 22.9 Å². The van der Waals surface area contributed by atoms with E-state index in [0.29, 0.717) is 36.1 Å². The third kappa shape index (κ3) is 3.12. The first-order valence-corrected chi connectivity index (χ1v) is 6.90. The Morgan fingerprint density at radius 2 is 2.11 bits per heavy atom. The van der Waals surface area contributed by atoms with Crippen LogP contribution in [0.3, 0.4) is 0 Å². The second-order valence-corrected chi connectivity index (χ2v) is 5.18. The van der Waals surface area contributed by atoms with Crippen LogP contribution >= 0.6 is 15.9 Å². The van der Waals surface area contributed by atoms with E-state index < -0.39 is 0 Å². The van der Waals surface area contributed by atoms with Gasteiger partial charge in [-0.3, -0.25) is 9.59 Å². The van der Waals surface area contributed by atoms with E-state index in [2.05, 4.69) is 20.9 Å². The van der Waals surface area contributed by atoms with Crippen LogP contribution in [0.5, 0.6) is 0 Å². The molecule has 0 spiro atoms.